The van der Waals surface area contributed by atoms with Crippen LogP contribution in [-0.4, -0.2) is 39.5 Å². The van der Waals surface area contributed by atoms with Crippen LogP contribution in [0.5, 0.6) is 0 Å². The van der Waals surface area contributed by atoms with Crippen LogP contribution in [-0.2, 0) is 21.3 Å². The lowest BCUT2D eigenvalue weighted by Gasteiger charge is -2.18. The van der Waals surface area contributed by atoms with Crippen molar-refractivity contribution in [2.24, 2.45) is 5.73 Å². The molecular weight excluding hydrogens is 283 g/mol. The predicted molar refractivity (Wildman–Crippen MR) is 75.3 cm³/mol. The molecule has 0 aromatic heterocycles. The summed E-state index contributed by atoms with van der Waals surface area (Å²) in [5.41, 5.74) is 5.90. The Labute approximate surface area is 119 Å². The molecule has 0 spiro atoms. The van der Waals surface area contributed by atoms with Gasteiger partial charge in [0.15, 0.2) is 0 Å². The quantitative estimate of drug-likeness (QED) is 0.770. The smallest absolute Gasteiger partial charge is 0.242 e. The Morgan fingerprint density at radius 2 is 2.05 bits per heavy atom. The van der Waals surface area contributed by atoms with E-state index in [0.717, 1.165) is 0 Å². The fraction of sp³-hybridized carbons (Fsp3) is 0.538. The minimum absolute atomic E-state index is 0.0430. The molecule has 0 atom stereocenters. The van der Waals surface area contributed by atoms with E-state index in [2.05, 4.69) is 0 Å². The fourth-order valence-corrected chi connectivity index (χ4v) is 3.03. The summed E-state index contributed by atoms with van der Waals surface area (Å²) < 4.78 is 44.8. The summed E-state index contributed by atoms with van der Waals surface area (Å²) in [6.07, 6.45) is 0. The van der Waals surface area contributed by atoms with E-state index >= 15 is 0 Å². The number of rotatable bonds is 7. The highest BCUT2D eigenvalue weighted by Crippen LogP contribution is 2.21. The second-order valence-electron chi connectivity index (χ2n) is 4.44. The first-order chi connectivity index (χ1) is 9.34. The normalized spacial score (nSPS) is 12.1. The Morgan fingerprint density at radius 3 is 2.60 bits per heavy atom. The van der Waals surface area contributed by atoms with Crippen molar-refractivity contribution in [1.82, 2.24) is 4.31 Å². The highest BCUT2D eigenvalue weighted by atomic mass is 32.2. The Balaban J connectivity index is 3.06. The summed E-state index contributed by atoms with van der Waals surface area (Å²) >= 11 is 0. The zero-order valence-electron chi connectivity index (χ0n) is 12.0. The highest BCUT2D eigenvalue weighted by molar-refractivity contribution is 7.89. The monoisotopic (exact) mass is 304 g/mol. The van der Waals surface area contributed by atoms with Crippen molar-refractivity contribution in [2.45, 2.75) is 25.3 Å². The molecule has 0 saturated carbocycles. The minimum atomic E-state index is -3.66. The summed E-state index contributed by atoms with van der Waals surface area (Å²) in [6.45, 7) is 4.40. The number of ether oxygens (including phenoxy) is 1. The van der Waals surface area contributed by atoms with Gasteiger partial charge in [0, 0.05) is 32.3 Å². The van der Waals surface area contributed by atoms with E-state index < -0.39 is 15.8 Å². The SMILES string of the molecule is CCOCCN(C)S(=O)(=O)c1cc(C)c(F)c(CN)c1. The van der Waals surface area contributed by atoms with Gasteiger partial charge < -0.3 is 10.5 Å². The van der Waals surface area contributed by atoms with Crippen LogP contribution in [0.25, 0.3) is 0 Å². The van der Waals surface area contributed by atoms with Crippen molar-refractivity contribution in [3.63, 3.8) is 0 Å². The van der Waals surface area contributed by atoms with Gasteiger partial charge >= 0.3 is 0 Å². The highest BCUT2D eigenvalue weighted by Gasteiger charge is 2.22. The standard InChI is InChI=1S/C13H21FN2O3S/c1-4-19-6-5-16(3)20(17,18)12-7-10(2)13(14)11(8-12)9-15/h7-8H,4-6,9,15H2,1-3H3. The number of nitrogens with two attached hydrogens (primary N) is 1. The number of aryl methyl sites for hydroxylation is 1. The summed E-state index contributed by atoms with van der Waals surface area (Å²) in [5.74, 6) is -0.455. The Bertz CT molecular complexity index is 561. The van der Waals surface area contributed by atoms with Gasteiger partial charge in [-0.25, -0.2) is 12.8 Å². The molecule has 114 valence electrons. The van der Waals surface area contributed by atoms with Gasteiger partial charge in [0.1, 0.15) is 5.82 Å². The molecule has 0 saturated heterocycles. The number of likely N-dealkylation sites (N-methyl/N-ethyl adjacent to an activating group) is 1. The number of sulfonamides is 1. The van der Waals surface area contributed by atoms with Crippen molar-refractivity contribution in [1.29, 1.82) is 0 Å². The maximum absolute atomic E-state index is 13.7. The van der Waals surface area contributed by atoms with Crippen LogP contribution in [0, 0.1) is 12.7 Å². The molecule has 5 nitrogen and oxygen atoms in total. The fourth-order valence-electron chi connectivity index (χ4n) is 1.74. The zero-order chi connectivity index (χ0) is 15.3. The number of benzene rings is 1. The predicted octanol–water partition coefficient (Wildman–Crippen LogP) is 1.25. The van der Waals surface area contributed by atoms with E-state index in [4.69, 9.17) is 10.5 Å². The number of hydrogen-bond acceptors (Lipinski definition) is 4. The lowest BCUT2D eigenvalue weighted by atomic mass is 10.1. The first kappa shape index (κ1) is 17.0. The summed E-state index contributed by atoms with van der Waals surface area (Å²) in [7, 11) is -2.19. The van der Waals surface area contributed by atoms with Crippen LogP contribution >= 0.6 is 0 Å². The molecule has 0 radical (unpaired) electrons. The molecule has 1 rings (SSSR count). The molecule has 1 aromatic rings. The molecule has 0 bridgehead atoms. The molecule has 7 heteroatoms. The molecule has 2 N–H and O–H groups in total. The van der Waals surface area contributed by atoms with Gasteiger partial charge in [0.05, 0.1) is 11.5 Å². The van der Waals surface area contributed by atoms with Gasteiger partial charge in [-0.15, -0.1) is 0 Å². The third kappa shape index (κ3) is 3.76. The molecule has 0 aliphatic rings. The third-order valence-electron chi connectivity index (χ3n) is 2.99. The van der Waals surface area contributed by atoms with Crippen LogP contribution in [0.1, 0.15) is 18.1 Å². The van der Waals surface area contributed by atoms with Gasteiger partial charge in [0.25, 0.3) is 0 Å². The first-order valence-corrected chi connectivity index (χ1v) is 7.81. The van der Waals surface area contributed by atoms with Crippen molar-refractivity contribution < 1.29 is 17.5 Å². The lowest BCUT2D eigenvalue weighted by molar-refractivity contribution is 0.138. The van der Waals surface area contributed by atoms with Crippen molar-refractivity contribution >= 4 is 10.0 Å². The zero-order valence-corrected chi connectivity index (χ0v) is 12.8. The molecular formula is C13H21FN2O3S. The maximum Gasteiger partial charge on any atom is 0.242 e. The summed E-state index contributed by atoms with van der Waals surface area (Å²) in [6, 6.07) is 2.61. The van der Waals surface area contributed by atoms with E-state index in [-0.39, 0.29) is 29.1 Å². The molecule has 0 fully saturated rings. The number of nitrogens with zero attached hydrogens (tertiary/aromatic N) is 1. The molecule has 0 unspecified atom stereocenters. The molecule has 0 heterocycles. The van der Waals surface area contributed by atoms with Crippen LogP contribution in [0.15, 0.2) is 17.0 Å². The second-order valence-corrected chi connectivity index (χ2v) is 6.49. The first-order valence-electron chi connectivity index (χ1n) is 6.37. The topological polar surface area (TPSA) is 72.6 Å². The molecule has 1 aromatic carbocycles. The van der Waals surface area contributed by atoms with E-state index in [1.165, 1.54) is 30.4 Å². The van der Waals surface area contributed by atoms with Crippen molar-refractivity contribution in [3.05, 3.63) is 29.1 Å². The Morgan fingerprint density at radius 1 is 1.40 bits per heavy atom. The van der Waals surface area contributed by atoms with Crippen molar-refractivity contribution in [2.75, 3.05) is 26.8 Å². The Hall–Kier alpha value is -1.02. The average Bonchev–Trinajstić information content (AvgIpc) is 2.41. The Kier molecular flexibility index (Phi) is 6.07. The summed E-state index contributed by atoms with van der Waals surface area (Å²) in [5, 5.41) is 0. The van der Waals surface area contributed by atoms with Crippen molar-refractivity contribution in [3.8, 4) is 0 Å². The number of halogens is 1. The number of hydrogen-bond donors (Lipinski definition) is 1. The van der Waals surface area contributed by atoms with Crippen LogP contribution in [0.3, 0.4) is 0 Å². The van der Waals surface area contributed by atoms with Gasteiger partial charge in [-0.05, 0) is 31.5 Å². The van der Waals surface area contributed by atoms with E-state index in [9.17, 15) is 12.8 Å². The van der Waals surface area contributed by atoms with E-state index in [0.29, 0.717) is 13.2 Å². The van der Waals surface area contributed by atoms with E-state index in [1.807, 2.05) is 6.92 Å². The third-order valence-corrected chi connectivity index (χ3v) is 4.82. The molecule has 0 aliphatic carbocycles. The molecule has 0 amide bonds. The van der Waals surface area contributed by atoms with E-state index in [1.54, 1.807) is 0 Å². The van der Waals surface area contributed by atoms with Gasteiger partial charge in [-0.1, -0.05) is 0 Å². The largest absolute Gasteiger partial charge is 0.380 e. The molecule has 0 aliphatic heterocycles. The maximum atomic E-state index is 13.7. The van der Waals surface area contributed by atoms with Gasteiger partial charge in [-0.3, -0.25) is 0 Å². The lowest BCUT2D eigenvalue weighted by Crippen LogP contribution is -2.30. The van der Waals surface area contributed by atoms with Crippen LogP contribution < -0.4 is 5.73 Å². The minimum Gasteiger partial charge on any atom is -0.380 e. The van der Waals surface area contributed by atoms with Gasteiger partial charge in [-0.2, -0.15) is 4.31 Å². The average molecular weight is 304 g/mol. The van der Waals surface area contributed by atoms with Gasteiger partial charge in [0.2, 0.25) is 10.0 Å². The van der Waals surface area contributed by atoms with Crippen LogP contribution in [0.2, 0.25) is 0 Å². The summed E-state index contributed by atoms with van der Waals surface area (Å²) in [4.78, 5) is 0.0517. The van der Waals surface area contributed by atoms with Crippen LogP contribution in [0.4, 0.5) is 4.39 Å². The molecule has 20 heavy (non-hydrogen) atoms. The second kappa shape index (κ2) is 7.12.